The maximum atomic E-state index is 12.2. The predicted octanol–water partition coefficient (Wildman–Crippen LogP) is 2.75. The number of carbonyl (C=O) groups excluding carboxylic acids is 1. The summed E-state index contributed by atoms with van der Waals surface area (Å²) in [6.07, 6.45) is 3.19. The Kier molecular flexibility index (Phi) is 3.74. The molecule has 2 heterocycles. The maximum absolute atomic E-state index is 12.2. The van der Waals surface area contributed by atoms with Crippen LogP contribution in [0.4, 0.5) is 0 Å². The molecule has 2 N–H and O–H groups in total. The van der Waals surface area contributed by atoms with E-state index in [1.165, 1.54) is 0 Å². The van der Waals surface area contributed by atoms with Gasteiger partial charge in [-0.3, -0.25) is 4.79 Å². The Morgan fingerprint density at radius 2 is 2.25 bits per heavy atom. The summed E-state index contributed by atoms with van der Waals surface area (Å²) in [7, 11) is 0. The zero-order valence-electron chi connectivity index (χ0n) is 11.7. The molecule has 1 aromatic heterocycles. The first-order chi connectivity index (χ1) is 9.74. The van der Waals surface area contributed by atoms with Crippen LogP contribution in [-0.4, -0.2) is 18.5 Å². The van der Waals surface area contributed by atoms with Crippen molar-refractivity contribution in [3.05, 3.63) is 36.1 Å². The van der Waals surface area contributed by atoms with Gasteiger partial charge in [0.05, 0.1) is 12.1 Å². The van der Waals surface area contributed by atoms with Gasteiger partial charge in [-0.05, 0) is 38.4 Å². The highest BCUT2D eigenvalue weighted by Crippen LogP contribution is 2.23. The third kappa shape index (κ3) is 2.70. The van der Waals surface area contributed by atoms with Crippen LogP contribution in [0.25, 0.3) is 11.0 Å². The van der Waals surface area contributed by atoms with E-state index in [4.69, 9.17) is 4.42 Å². The van der Waals surface area contributed by atoms with Crippen molar-refractivity contribution in [2.75, 3.05) is 6.54 Å². The minimum absolute atomic E-state index is 0.0596. The summed E-state index contributed by atoms with van der Waals surface area (Å²) in [4.78, 5) is 12.2. The number of hydrogen-bond acceptors (Lipinski definition) is 3. The molecule has 2 aromatic rings. The number of rotatable bonds is 3. The molecule has 1 fully saturated rings. The highest BCUT2D eigenvalue weighted by atomic mass is 16.3. The monoisotopic (exact) mass is 272 g/mol. The Morgan fingerprint density at radius 1 is 1.40 bits per heavy atom. The number of hydrogen-bond donors (Lipinski definition) is 2. The topological polar surface area (TPSA) is 54.3 Å². The van der Waals surface area contributed by atoms with Gasteiger partial charge in [0.25, 0.3) is 0 Å². The first kappa shape index (κ1) is 13.2. The number of furan rings is 1. The summed E-state index contributed by atoms with van der Waals surface area (Å²) in [5, 5.41) is 7.36. The fourth-order valence-corrected chi connectivity index (χ4v) is 2.68. The molecule has 0 aliphatic carbocycles. The van der Waals surface area contributed by atoms with Gasteiger partial charge >= 0.3 is 0 Å². The molecule has 1 aliphatic rings. The van der Waals surface area contributed by atoms with Crippen molar-refractivity contribution in [1.82, 2.24) is 10.6 Å². The van der Waals surface area contributed by atoms with Crippen molar-refractivity contribution in [2.45, 2.75) is 38.3 Å². The Labute approximate surface area is 118 Å². The Bertz CT molecular complexity index is 566. The zero-order valence-corrected chi connectivity index (χ0v) is 11.7. The Hall–Kier alpha value is -1.81. The average molecular weight is 272 g/mol. The van der Waals surface area contributed by atoms with Gasteiger partial charge in [-0.25, -0.2) is 0 Å². The van der Waals surface area contributed by atoms with E-state index in [2.05, 4.69) is 10.6 Å². The SMILES string of the molecule is CC(NC(=O)[C@H]1CCCCN1)c1cc2ccccc2o1. The number of fused-ring (bicyclic) bond motifs is 1. The van der Waals surface area contributed by atoms with Crippen molar-refractivity contribution in [1.29, 1.82) is 0 Å². The molecule has 0 spiro atoms. The van der Waals surface area contributed by atoms with E-state index in [1.54, 1.807) is 0 Å². The van der Waals surface area contributed by atoms with Crippen molar-refractivity contribution >= 4 is 16.9 Å². The van der Waals surface area contributed by atoms with Crippen LogP contribution in [0, 0.1) is 0 Å². The van der Waals surface area contributed by atoms with Crippen LogP contribution < -0.4 is 10.6 Å². The molecule has 4 nitrogen and oxygen atoms in total. The molecule has 20 heavy (non-hydrogen) atoms. The highest BCUT2D eigenvalue weighted by molar-refractivity contribution is 5.82. The van der Waals surface area contributed by atoms with Crippen molar-refractivity contribution in [2.24, 2.45) is 0 Å². The van der Waals surface area contributed by atoms with Crippen molar-refractivity contribution < 1.29 is 9.21 Å². The quantitative estimate of drug-likeness (QED) is 0.903. The molecule has 0 saturated carbocycles. The van der Waals surface area contributed by atoms with Gasteiger partial charge in [0.15, 0.2) is 0 Å². The van der Waals surface area contributed by atoms with E-state index in [0.29, 0.717) is 0 Å². The van der Waals surface area contributed by atoms with Gasteiger partial charge in [0.2, 0.25) is 5.91 Å². The molecule has 106 valence electrons. The lowest BCUT2D eigenvalue weighted by atomic mass is 10.0. The van der Waals surface area contributed by atoms with Gasteiger partial charge in [-0.2, -0.15) is 0 Å². The third-order valence-electron chi connectivity index (χ3n) is 3.86. The lowest BCUT2D eigenvalue weighted by molar-refractivity contribution is -0.124. The van der Waals surface area contributed by atoms with Gasteiger partial charge in [-0.15, -0.1) is 0 Å². The van der Waals surface area contributed by atoms with E-state index in [0.717, 1.165) is 42.5 Å². The minimum Gasteiger partial charge on any atom is -0.459 e. The second-order valence-electron chi connectivity index (χ2n) is 5.42. The fraction of sp³-hybridized carbons (Fsp3) is 0.438. The molecule has 1 unspecified atom stereocenters. The number of amides is 1. The molecule has 1 aromatic carbocycles. The summed E-state index contributed by atoms with van der Waals surface area (Å²) in [6.45, 7) is 2.88. The van der Waals surface area contributed by atoms with Crippen LogP contribution in [0.15, 0.2) is 34.7 Å². The van der Waals surface area contributed by atoms with E-state index < -0.39 is 0 Å². The van der Waals surface area contributed by atoms with Crippen LogP contribution in [-0.2, 0) is 4.79 Å². The Balaban J connectivity index is 1.68. The van der Waals surface area contributed by atoms with Gasteiger partial charge in [-0.1, -0.05) is 24.6 Å². The van der Waals surface area contributed by atoms with Crippen molar-refractivity contribution in [3.8, 4) is 0 Å². The molecule has 2 atom stereocenters. The van der Waals surface area contributed by atoms with E-state index in [-0.39, 0.29) is 18.0 Å². The summed E-state index contributed by atoms with van der Waals surface area (Å²) < 4.78 is 5.78. The van der Waals surface area contributed by atoms with Crippen LogP contribution in [0.5, 0.6) is 0 Å². The van der Waals surface area contributed by atoms with Crippen LogP contribution >= 0.6 is 0 Å². The molecule has 0 bridgehead atoms. The van der Waals surface area contributed by atoms with Crippen LogP contribution in [0.3, 0.4) is 0 Å². The summed E-state index contributed by atoms with van der Waals surface area (Å²) in [5.74, 6) is 0.869. The Morgan fingerprint density at radius 3 is 3.00 bits per heavy atom. The second kappa shape index (κ2) is 5.67. The number of benzene rings is 1. The fourth-order valence-electron chi connectivity index (χ4n) is 2.68. The van der Waals surface area contributed by atoms with Crippen LogP contribution in [0.2, 0.25) is 0 Å². The zero-order chi connectivity index (χ0) is 13.9. The predicted molar refractivity (Wildman–Crippen MR) is 78.4 cm³/mol. The molecule has 3 rings (SSSR count). The maximum Gasteiger partial charge on any atom is 0.237 e. The van der Waals surface area contributed by atoms with E-state index in [9.17, 15) is 4.79 Å². The molecule has 4 heteroatoms. The first-order valence-corrected chi connectivity index (χ1v) is 7.26. The number of carbonyl (C=O) groups is 1. The molecule has 0 radical (unpaired) electrons. The molecular weight excluding hydrogens is 252 g/mol. The van der Waals surface area contributed by atoms with E-state index in [1.807, 2.05) is 37.3 Å². The molecule has 1 saturated heterocycles. The summed E-state index contributed by atoms with van der Waals surface area (Å²) in [6, 6.07) is 9.71. The number of para-hydroxylation sites is 1. The molecular formula is C16H20N2O2. The van der Waals surface area contributed by atoms with Crippen LogP contribution in [0.1, 0.15) is 38.0 Å². The third-order valence-corrected chi connectivity index (χ3v) is 3.86. The molecule has 1 aliphatic heterocycles. The largest absolute Gasteiger partial charge is 0.459 e. The number of nitrogens with one attached hydrogen (secondary N) is 2. The van der Waals surface area contributed by atoms with Gasteiger partial charge < -0.3 is 15.1 Å². The first-order valence-electron chi connectivity index (χ1n) is 7.26. The standard InChI is InChI=1S/C16H20N2O2/c1-11(18-16(19)13-7-4-5-9-17-13)15-10-12-6-2-3-8-14(12)20-15/h2-3,6,8,10-11,13,17H,4-5,7,9H2,1H3,(H,18,19)/t11?,13-/m1/s1. The lowest BCUT2D eigenvalue weighted by Crippen LogP contribution is -2.47. The van der Waals surface area contributed by atoms with Gasteiger partial charge in [0.1, 0.15) is 11.3 Å². The summed E-state index contributed by atoms with van der Waals surface area (Å²) >= 11 is 0. The van der Waals surface area contributed by atoms with E-state index >= 15 is 0 Å². The van der Waals surface area contributed by atoms with Crippen molar-refractivity contribution in [3.63, 3.8) is 0 Å². The summed E-state index contributed by atoms with van der Waals surface area (Å²) in [5.41, 5.74) is 0.861. The minimum atomic E-state index is -0.112. The normalized spacial score (nSPS) is 20.8. The number of piperidine rings is 1. The average Bonchev–Trinajstić information content (AvgIpc) is 2.92. The smallest absolute Gasteiger partial charge is 0.237 e. The van der Waals surface area contributed by atoms with Gasteiger partial charge in [0, 0.05) is 5.39 Å². The lowest BCUT2D eigenvalue weighted by Gasteiger charge is -2.24. The highest BCUT2D eigenvalue weighted by Gasteiger charge is 2.23. The molecule has 1 amide bonds. The second-order valence-corrected chi connectivity index (χ2v) is 5.42.